The van der Waals surface area contributed by atoms with Crippen LogP contribution in [0.4, 0.5) is 11.4 Å². The van der Waals surface area contributed by atoms with E-state index < -0.39 is 25.6 Å². The van der Waals surface area contributed by atoms with Crippen LogP contribution in [0.2, 0.25) is 0 Å². The summed E-state index contributed by atoms with van der Waals surface area (Å²) >= 11 is 0. The zero-order valence-corrected chi connectivity index (χ0v) is 7.36. The Balaban J connectivity index is 2.53. The number of hydrogen-bond acceptors (Lipinski definition) is 3. The van der Waals surface area contributed by atoms with E-state index in [1.807, 2.05) is 0 Å². The third-order valence-electron chi connectivity index (χ3n) is 1.85. The van der Waals surface area contributed by atoms with E-state index >= 15 is 0 Å². The molecule has 0 atom stereocenters. The Hall–Kier alpha value is -1.55. The number of carbonyl (C=O) groups excluding carboxylic acids is 1. The van der Waals surface area contributed by atoms with Gasteiger partial charge in [0.15, 0.2) is 0 Å². The Bertz CT molecular complexity index is 493. The number of morpholine rings is 1. The first-order valence-electron chi connectivity index (χ1n) is 6.09. The fourth-order valence-electron chi connectivity index (χ4n) is 1.19. The predicted molar refractivity (Wildman–Crippen MR) is 54.0 cm³/mol. The molecule has 4 heteroatoms. The minimum absolute atomic E-state index is 0.139. The molecule has 0 aromatic heterocycles. The van der Waals surface area contributed by atoms with E-state index in [0.29, 0.717) is 4.90 Å². The number of anilines is 2. The minimum Gasteiger partial charge on any atom is -0.397 e. The van der Waals surface area contributed by atoms with E-state index in [2.05, 4.69) is 4.74 Å². The van der Waals surface area contributed by atoms with Crippen LogP contribution >= 0.6 is 0 Å². The zero-order valence-electron chi connectivity index (χ0n) is 11.4. The largest absolute Gasteiger partial charge is 0.397 e. The summed E-state index contributed by atoms with van der Waals surface area (Å²) in [4.78, 5) is 12.5. The number of para-hydroxylation sites is 2. The monoisotopic (exact) mass is 196 g/mol. The van der Waals surface area contributed by atoms with Crippen LogP contribution in [0, 0.1) is 0 Å². The van der Waals surface area contributed by atoms with Crippen molar-refractivity contribution in [1.29, 1.82) is 0 Å². The van der Waals surface area contributed by atoms with Crippen molar-refractivity contribution in [2.24, 2.45) is 0 Å². The van der Waals surface area contributed by atoms with Crippen LogP contribution in [0.3, 0.4) is 0 Å². The molecule has 0 spiro atoms. The highest BCUT2D eigenvalue weighted by Gasteiger charge is 2.21. The molecule has 2 rings (SSSR count). The van der Waals surface area contributed by atoms with Gasteiger partial charge in [-0.1, -0.05) is 12.1 Å². The molecule has 1 aromatic carbocycles. The predicted octanol–water partition coefficient (Wildman–Crippen LogP) is 0.632. The molecule has 1 aliphatic rings. The highest BCUT2D eigenvalue weighted by atomic mass is 16.5. The number of carbonyl (C=O) groups is 1. The molecule has 1 aliphatic heterocycles. The lowest BCUT2D eigenvalue weighted by Gasteiger charge is -2.27. The van der Waals surface area contributed by atoms with Gasteiger partial charge in [0.25, 0.3) is 5.91 Å². The summed E-state index contributed by atoms with van der Waals surface area (Å²) in [6, 6.07) is 6.23. The Labute approximate surface area is 87.9 Å². The lowest BCUT2D eigenvalue weighted by molar-refractivity contribution is -0.125. The standard InChI is InChI=1S/C10H12N2O2/c11-8-3-1-2-4-9(8)12-5-6-14-7-10(12)13/h1-4H,5-7,11H2/i5D2,6D2. The third-order valence-corrected chi connectivity index (χ3v) is 1.85. The molecule has 1 amide bonds. The third kappa shape index (κ3) is 1.56. The second kappa shape index (κ2) is 3.67. The number of benzene rings is 1. The molecule has 0 aliphatic carbocycles. The van der Waals surface area contributed by atoms with Gasteiger partial charge in [-0.15, -0.1) is 0 Å². The quantitative estimate of drug-likeness (QED) is 0.670. The zero-order chi connectivity index (χ0) is 13.6. The lowest BCUT2D eigenvalue weighted by Crippen LogP contribution is -2.41. The molecule has 2 N–H and O–H groups in total. The number of nitrogens with two attached hydrogens (primary N) is 1. The van der Waals surface area contributed by atoms with Crippen molar-refractivity contribution in [2.75, 3.05) is 30.3 Å². The lowest BCUT2D eigenvalue weighted by atomic mass is 10.2. The maximum atomic E-state index is 11.8. The van der Waals surface area contributed by atoms with Gasteiger partial charge in [-0.2, -0.15) is 0 Å². The van der Waals surface area contributed by atoms with Crippen molar-refractivity contribution < 1.29 is 15.0 Å². The Morgan fingerprint density at radius 3 is 3.07 bits per heavy atom. The van der Waals surface area contributed by atoms with Gasteiger partial charge in [0.2, 0.25) is 0 Å². The number of nitrogen functional groups attached to an aromatic ring is 1. The van der Waals surface area contributed by atoms with E-state index in [-0.39, 0.29) is 11.4 Å². The Morgan fingerprint density at radius 1 is 1.50 bits per heavy atom. The second-order valence-electron chi connectivity index (χ2n) is 2.79. The average molecular weight is 196 g/mol. The molecule has 0 unspecified atom stereocenters. The van der Waals surface area contributed by atoms with E-state index in [1.165, 1.54) is 12.1 Å². The smallest absolute Gasteiger partial charge is 0.253 e. The highest BCUT2D eigenvalue weighted by Crippen LogP contribution is 2.23. The molecular weight excluding hydrogens is 180 g/mol. The maximum absolute atomic E-state index is 11.8. The highest BCUT2D eigenvalue weighted by molar-refractivity contribution is 5.97. The van der Waals surface area contributed by atoms with Crippen molar-refractivity contribution in [2.45, 2.75) is 0 Å². The molecule has 74 valence electrons. The van der Waals surface area contributed by atoms with Crippen LogP contribution in [-0.4, -0.2) is 25.6 Å². The molecule has 1 saturated heterocycles. The second-order valence-corrected chi connectivity index (χ2v) is 2.79. The normalized spacial score (nSPS) is 28.6. The Morgan fingerprint density at radius 2 is 2.29 bits per heavy atom. The summed E-state index contributed by atoms with van der Waals surface area (Å²) in [5.74, 6) is -0.673. The van der Waals surface area contributed by atoms with Crippen LogP contribution in [0.25, 0.3) is 0 Å². The van der Waals surface area contributed by atoms with Crippen molar-refractivity contribution in [1.82, 2.24) is 0 Å². The van der Waals surface area contributed by atoms with E-state index in [9.17, 15) is 4.79 Å². The van der Waals surface area contributed by atoms with Crippen molar-refractivity contribution in [3.63, 3.8) is 0 Å². The van der Waals surface area contributed by atoms with Crippen LogP contribution < -0.4 is 10.6 Å². The van der Waals surface area contributed by atoms with Crippen molar-refractivity contribution >= 4 is 17.3 Å². The van der Waals surface area contributed by atoms with Crippen LogP contribution in [0.15, 0.2) is 24.3 Å². The Kier molecular flexibility index (Phi) is 1.41. The summed E-state index contributed by atoms with van der Waals surface area (Å²) < 4.78 is 35.2. The number of rotatable bonds is 1. The van der Waals surface area contributed by atoms with Gasteiger partial charge in [-0.3, -0.25) is 4.79 Å². The number of hydrogen-bond donors (Lipinski definition) is 1. The van der Waals surface area contributed by atoms with Crippen LogP contribution in [0.5, 0.6) is 0 Å². The summed E-state index contributed by atoms with van der Waals surface area (Å²) in [5.41, 5.74) is 6.04. The van der Waals surface area contributed by atoms with E-state index in [4.69, 9.17) is 11.2 Å². The summed E-state index contributed by atoms with van der Waals surface area (Å²) in [7, 11) is 0. The fourth-order valence-corrected chi connectivity index (χ4v) is 1.19. The summed E-state index contributed by atoms with van der Waals surface area (Å²) in [6.07, 6.45) is 0. The van der Waals surface area contributed by atoms with Gasteiger partial charge < -0.3 is 15.4 Å². The summed E-state index contributed by atoms with van der Waals surface area (Å²) in [5, 5.41) is 0. The first-order valence-corrected chi connectivity index (χ1v) is 4.09. The van der Waals surface area contributed by atoms with Gasteiger partial charge >= 0.3 is 0 Å². The first-order chi connectivity index (χ1) is 8.27. The number of ether oxygens (including phenoxy) is 1. The maximum Gasteiger partial charge on any atom is 0.253 e. The summed E-state index contributed by atoms with van der Waals surface area (Å²) in [6.45, 7) is -5.75. The molecular formula is C10H12N2O2. The molecule has 0 saturated carbocycles. The molecule has 14 heavy (non-hydrogen) atoms. The average Bonchev–Trinajstić information content (AvgIpc) is 2.27. The van der Waals surface area contributed by atoms with Gasteiger partial charge in [-0.25, -0.2) is 0 Å². The van der Waals surface area contributed by atoms with E-state index in [0.717, 1.165) is 0 Å². The SMILES string of the molecule is [2H]C1([2H])OCC(=O)N(c2ccccc2N)C1([2H])[2H]. The number of amides is 1. The molecule has 1 heterocycles. The van der Waals surface area contributed by atoms with Gasteiger partial charge in [0, 0.05) is 6.50 Å². The topological polar surface area (TPSA) is 55.6 Å². The molecule has 1 aromatic rings. The van der Waals surface area contributed by atoms with E-state index in [1.54, 1.807) is 12.1 Å². The molecule has 0 bridgehead atoms. The first kappa shape index (κ1) is 5.36. The van der Waals surface area contributed by atoms with Gasteiger partial charge in [0.1, 0.15) is 6.61 Å². The number of nitrogens with zero attached hydrogens (tertiary/aromatic N) is 1. The van der Waals surface area contributed by atoms with Crippen LogP contribution in [0.1, 0.15) is 5.48 Å². The minimum atomic E-state index is -2.63. The van der Waals surface area contributed by atoms with Crippen LogP contribution in [-0.2, 0) is 9.53 Å². The van der Waals surface area contributed by atoms with Gasteiger partial charge in [-0.05, 0) is 12.1 Å². The van der Waals surface area contributed by atoms with Crippen molar-refractivity contribution in [3.05, 3.63) is 24.3 Å². The molecule has 1 fully saturated rings. The van der Waals surface area contributed by atoms with Crippen molar-refractivity contribution in [3.8, 4) is 0 Å². The molecule has 0 radical (unpaired) electrons. The fraction of sp³-hybridized carbons (Fsp3) is 0.300. The molecule has 4 nitrogen and oxygen atoms in total. The van der Waals surface area contributed by atoms with Gasteiger partial charge in [0.05, 0.1) is 23.4 Å².